The van der Waals surface area contributed by atoms with Gasteiger partial charge in [0.25, 0.3) is 0 Å². The van der Waals surface area contributed by atoms with Gasteiger partial charge < -0.3 is 9.64 Å². The van der Waals surface area contributed by atoms with Crippen LogP contribution in [-0.4, -0.2) is 30.6 Å². The van der Waals surface area contributed by atoms with Gasteiger partial charge in [-0.05, 0) is 30.5 Å². The Labute approximate surface area is 136 Å². The summed E-state index contributed by atoms with van der Waals surface area (Å²) < 4.78 is 5.71. The molecule has 1 amide bonds. The summed E-state index contributed by atoms with van der Waals surface area (Å²) in [6, 6.07) is 5.41. The van der Waals surface area contributed by atoms with Crippen LogP contribution in [0.1, 0.15) is 37.7 Å². The molecule has 0 aliphatic heterocycles. The highest BCUT2D eigenvalue weighted by Crippen LogP contribution is 2.23. The maximum absolute atomic E-state index is 12.1. The van der Waals surface area contributed by atoms with E-state index in [1.807, 2.05) is 6.07 Å². The lowest BCUT2D eigenvalue weighted by atomic mass is 9.98. The quantitative estimate of drug-likeness (QED) is 0.805. The molecule has 5 heteroatoms. The second kappa shape index (κ2) is 8.02. The second-order valence-corrected chi connectivity index (χ2v) is 6.38. The van der Waals surface area contributed by atoms with E-state index in [2.05, 4.69) is 0 Å². The van der Waals surface area contributed by atoms with Gasteiger partial charge in [0.15, 0.2) is 0 Å². The maximum Gasteiger partial charge on any atom is 0.248 e. The molecule has 0 bridgehead atoms. The first-order valence-corrected chi connectivity index (χ1v) is 8.11. The van der Waals surface area contributed by atoms with Crippen LogP contribution in [-0.2, 0) is 16.1 Å². The largest absolute Gasteiger partial charge is 0.368 e. The Morgan fingerprint density at radius 3 is 2.62 bits per heavy atom. The molecule has 1 aliphatic rings. The van der Waals surface area contributed by atoms with Crippen LogP contribution in [0.4, 0.5) is 0 Å². The van der Waals surface area contributed by atoms with Crippen LogP contribution >= 0.6 is 23.2 Å². The first kappa shape index (κ1) is 16.6. The van der Waals surface area contributed by atoms with Crippen molar-refractivity contribution >= 4 is 29.1 Å². The highest BCUT2D eigenvalue weighted by molar-refractivity contribution is 6.42. The van der Waals surface area contributed by atoms with Crippen LogP contribution in [0.3, 0.4) is 0 Å². The fourth-order valence-corrected chi connectivity index (χ4v) is 2.85. The molecule has 21 heavy (non-hydrogen) atoms. The molecular formula is C16H21Cl2NO2. The number of hydrogen-bond acceptors (Lipinski definition) is 2. The molecular weight excluding hydrogens is 309 g/mol. The third-order valence-corrected chi connectivity index (χ3v) is 4.56. The van der Waals surface area contributed by atoms with E-state index in [0.717, 1.165) is 18.4 Å². The molecule has 116 valence electrons. The van der Waals surface area contributed by atoms with Gasteiger partial charge in [-0.3, -0.25) is 4.79 Å². The van der Waals surface area contributed by atoms with Gasteiger partial charge in [-0.15, -0.1) is 0 Å². The molecule has 0 atom stereocenters. The zero-order valence-electron chi connectivity index (χ0n) is 12.3. The van der Waals surface area contributed by atoms with Crippen LogP contribution in [0.5, 0.6) is 0 Å². The molecule has 1 aromatic rings. The number of ether oxygens (including phenoxy) is 1. The molecule has 3 nitrogen and oxygen atoms in total. The Kier molecular flexibility index (Phi) is 6.34. The van der Waals surface area contributed by atoms with E-state index < -0.39 is 0 Å². The summed E-state index contributed by atoms with van der Waals surface area (Å²) in [7, 11) is 1.77. The van der Waals surface area contributed by atoms with E-state index in [-0.39, 0.29) is 18.6 Å². The van der Waals surface area contributed by atoms with Gasteiger partial charge in [-0.1, -0.05) is 48.5 Å². The predicted molar refractivity (Wildman–Crippen MR) is 85.8 cm³/mol. The normalized spacial score (nSPS) is 16.0. The summed E-state index contributed by atoms with van der Waals surface area (Å²) in [6.45, 7) is 0.659. The number of carbonyl (C=O) groups excluding carboxylic acids is 1. The van der Waals surface area contributed by atoms with Crippen molar-refractivity contribution in [2.45, 2.75) is 44.8 Å². The molecule has 1 saturated carbocycles. The van der Waals surface area contributed by atoms with Gasteiger partial charge in [0.05, 0.1) is 16.1 Å². The van der Waals surface area contributed by atoms with Crippen molar-refractivity contribution in [3.05, 3.63) is 33.8 Å². The third-order valence-electron chi connectivity index (χ3n) is 3.82. The third kappa shape index (κ3) is 5.17. The zero-order chi connectivity index (χ0) is 15.2. The van der Waals surface area contributed by atoms with E-state index in [0.29, 0.717) is 16.6 Å². The second-order valence-electron chi connectivity index (χ2n) is 5.57. The Hall–Kier alpha value is -0.770. The first-order valence-electron chi connectivity index (χ1n) is 7.36. The molecule has 2 rings (SSSR count). The van der Waals surface area contributed by atoms with Crippen LogP contribution < -0.4 is 0 Å². The lowest BCUT2D eigenvalue weighted by Gasteiger charge is -2.23. The average Bonchev–Trinajstić information content (AvgIpc) is 2.49. The number of rotatable bonds is 5. The molecule has 1 fully saturated rings. The predicted octanol–water partition coefficient (Wildman–Crippen LogP) is 4.30. The number of amides is 1. The Bertz CT molecular complexity index is 487. The Morgan fingerprint density at radius 2 is 1.95 bits per heavy atom. The number of benzene rings is 1. The van der Waals surface area contributed by atoms with Crippen LogP contribution in [0, 0.1) is 0 Å². The summed E-state index contributed by atoms with van der Waals surface area (Å²) in [5, 5.41) is 1.03. The molecule has 0 aromatic heterocycles. The highest BCUT2D eigenvalue weighted by atomic mass is 35.5. The summed E-state index contributed by atoms with van der Waals surface area (Å²) in [5.74, 6) is -0.00774. The minimum absolute atomic E-state index is 0.00774. The van der Waals surface area contributed by atoms with Crippen molar-refractivity contribution in [3.8, 4) is 0 Å². The lowest BCUT2D eigenvalue weighted by Crippen LogP contribution is -2.32. The number of hydrogen-bond donors (Lipinski definition) is 0. The van der Waals surface area contributed by atoms with Gasteiger partial charge in [0.2, 0.25) is 5.91 Å². The van der Waals surface area contributed by atoms with Crippen molar-refractivity contribution < 1.29 is 9.53 Å². The topological polar surface area (TPSA) is 29.5 Å². The minimum Gasteiger partial charge on any atom is -0.368 e. The van der Waals surface area contributed by atoms with E-state index in [4.69, 9.17) is 27.9 Å². The molecule has 0 unspecified atom stereocenters. The zero-order valence-corrected chi connectivity index (χ0v) is 13.8. The van der Waals surface area contributed by atoms with E-state index in [1.54, 1.807) is 24.1 Å². The average molecular weight is 330 g/mol. The van der Waals surface area contributed by atoms with Gasteiger partial charge in [-0.25, -0.2) is 0 Å². The van der Waals surface area contributed by atoms with Crippen molar-refractivity contribution in [3.63, 3.8) is 0 Å². The van der Waals surface area contributed by atoms with Gasteiger partial charge in [0.1, 0.15) is 6.61 Å². The van der Waals surface area contributed by atoms with Crippen molar-refractivity contribution in [1.82, 2.24) is 4.90 Å². The molecule has 0 heterocycles. The van der Waals surface area contributed by atoms with Gasteiger partial charge >= 0.3 is 0 Å². The molecule has 0 saturated heterocycles. The molecule has 0 radical (unpaired) electrons. The van der Waals surface area contributed by atoms with Gasteiger partial charge in [0, 0.05) is 13.6 Å². The van der Waals surface area contributed by atoms with Crippen molar-refractivity contribution in [2.24, 2.45) is 0 Å². The molecule has 0 spiro atoms. The fraction of sp³-hybridized carbons (Fsp3) is 0.562. The van der Waals surface area contributed by atoms with Crippen molar-refractivity contribution in [2.75, 3.05) is 13.7 Å². The minimum atomic E-state index is -0.00774. The fourth-order valence-electron chi connectivity index (χ4n) is 2.53. The number of carbonyl (C=O) groups is 1. The molecule has 1 aliphatic carbocycles. The standard InChI is InChI=1S/C16H21Cl2NO2/c1-19(10-12-7-8-14(17)15(18)9-12)16(20)11-21-13-5-3-2-4-6-13/h7-9,13H,2-6,10-11H2,1H3. The van der Waals surface area contributed by atoms with E-state index in [1.165, 1.54) is 19.3 Å². The summed E-state index contributed by atoms with van der Waals surface area (Å²) >= 11 is 11.9. The number of likely N-dealkylation sites (N-methyl/N-ethyl adjacent to an activating group) is 1. The smallest absolute Gasteiger partial charge is 0.248 e. The summed E-state index contributed by atoms with van der Waals surface area (Å²) in [5.41, 5.74) is 0.956. The highest BCUT2D eigenvalue weighted by Gasteiger charge is 2.17. The molecule has 1 aromatic carbocycles. The van der Waals surface area contributed by atoms with E-state index in [9.17, 15) is 4.79 Å². The maximum atomic E-state index is 12.1. The number of nitrogens with zero attached hydrogens (tertiary/aromatic N) is 1. The monoisotopic (exact) mass is 329 g/mol. The number of halogens is 2. The van der Waals surface area contributed by atoms with Crippen LogP contribution in [0.15, 0.2) is 18.2 Å². The van der Waals surface area contributed by atoms with Crippen LogP contribution in [0.2, 0.25) is 10.0 Å². The lowest BCUT2D eigenvalue weighted by molar-refractivity contribution is -0.138. The van der Waals surface area contributed by atoms with Crippen LogP contribution in [0.25, 0.3) is 0 Å². The Balaban J connectivity index is 1.79. The SMILES string of the molecule is CN(Cc1ccc(Cl)c(Cl)c1)C(=O)COC1CCCCC1. The summed E-state index contributed by atoms with van der Waals surface area (Å²) in [6.07, 6.45) is 6.09. The molecule has 0 N–H and O–H groups in total. The summed E-state index contributed by atoms with van der Waals surface area (Å²) in [4.78, 5) is 13.7. The van der Waals surface area contributed by atoms with Gasteiger partial charge in [-0.2, -0.15) is 0 Å². The van der Waals surface area contributed by atoms with E-state index >= 15 is 0 Å². The Morgan fingerprint density at radius 1 is 1.24 bits per heavy atom. The first-order chi connectivity index (χ1) is 10.1. The van der Waals surface area contributed by atoms with Crippen molar-refractivity contribution in [1.29, 1.82) is 0 Å².